The number of rotatable bonds is 6. The van der Waals surface area contributed by atoms with E-state index in [0.29, 0.717) is 17.8 Å². The number of nitrogens with zero attached hydrogens (tertiary/aromatic N) is 1. The molecule has 23 heavy (non-hydrogen) atoms. The van der Waals surface area contributed by atoms with Crippen LogP contribution >= 0.6 is 36.2 Å². The molecule has 4 nitrogen and oxygen atoms in total. The second kappa shape index (κ2) is 10.5. The predicted octanol–water partition coefficient (Wildman–Crippen LogP) is 3.05. The monoisotopic (exact) mass is 379 g/mol. The third-order valence-electron chi connectivity index (χ3n) is 3.11. The molecule has 1 aromatic heterocycles. The highest BCUT2D eigenvalue weighted by molar-refractivity contribution is 7.13. The summed E-state index contributed by atoms with van der Waals surface area (Å²) in [4.78, 5) is 16.8. The van der Waals surface area contributed by atoms with Crippen molar-refractivity contribution >= 4 is 42.1 Å². The molecule has 0 aliphatic rings. The zero-order chi connectivity index (χ0) is 15.2. The normalized spacial score (nSPS) is 11.1. The van der Waals surface area contributed by atoms with Gasteiger partial charge in [0, 0.05) is 19.0 Å². The predicted molar refractivity (Wildman–Crippen MR) is 96.7 cm³/mol. The van der Waals surface area contributed by atoms with Crippen LogP contribution < -0.4 is 10.6 Å². The molecule has 0 fully saturated rings. The van der Waals surface area contributed by atoms with Crippen molar-refractivity contribution in [2.75, 3.05) is 13.6 Å². The number of carbonyl (C=O) groups excluding carboxylic acids is 1. The van der Waals surface area contributed by atoms with Crippen molar-refractivity contribution < 1.29 is 9.18 Å². The zero-order valence-corrected chi connectivity index (χ0v) is 15.3. The van der Waals surface area contributed by atoms with Crippen LogP contribution in [0.2, 0.25) is 0 Å². The van der Waals surface area contributed by atoms with E-state index in [0.717, 1.165) is 10.6 Å². The fourth-order valence-corrected chi connectivity index (χ4v) is 2.58. The number of aromatic nitrogens is 1. The van der Waals surface area contributed by atoms with Gasteiger partial charge in [0.15, 0.2) is 0 Å². The number of hydrogen-bond acceptors (Lipinski definition) is 4. The van der Waals surface area contributed by atoms with E-state index >= 15 is 0 Å². The number of benzene rings is 1. The first-order valence-corrected chi connectivity index (χ1v) is 7.54. The molecule has 0 bridgehead atoms. The molecule has 0 saturated heterocycles. The minimum atomic E-state index is -0.253. The topological polar surface area (TPSA) is 54.0 Å². The first-order chi connectivity index (χ1) is 10.1. The van der Waals surface area contributed by atoms with Crippen LogP contribution in [0.4, 0.5) is 4.39 Å². The van der Waals surface area contributed by atoms with Crippen molar-refractivity contribution in [3.8, 4) is 0 Å². The Balaban J connectivity index is 0.00000242. The molecule has 1 heterocycles. The first-order valence-electron chi connectivity index (χ1n) is 6.73. The minimum Gasteiger partial charge on any atom is -0.350 e. The number of amides is 1. The third-order valence-corrected chi connectivity index (χ3v) is 4.10. The van der Waals surface area contributed by atoms with Crippen molar-refractivity contribution in [2.24, 2.45) is 0 Å². The minimum absolute atomic E-state index is 0. The van der Waals surface area contributed by atoms with E-state index in [2.05, 4.69) is 15.6 Å². The smallest absolute Gasteiger partial charge is 0.263 e. The molecule has 128 valence electrons. The lowest BCUT2D eigenvalue weighted by molar-refractivity contribution is 0.0954. The van der Waals surface area contributed by atoms with Crippen molar-refractivity contribution in [3.63, 3.8) is 0 Å². The summed E-state index contributed by atoms with van der Waals surface area (Å²) in [5.74, 6) is -0.364. The lowest BCUT2D eigenvalue weighted by Gasteiger charge is -2.10. The van der Waals surface area contributed by atoms with Gasteiger partial charge in [0.1, 0.15) is 10.7 Å². The standard InChI is InChI=1S/C15H18FN3OS.2ClH/c1-10(17-2)8-19-15(20)13-9-18-14(21-13)7-11-3-5-12(16)6-4-11;;/h3-6,9-10,17H,7-8H2,1-2H3,(H,19,20);2*1H. The van der Waals surface area contributed by atoms with Gasteiger partial charge in [0.2, 0.25) is 0 Å². The number of carbonyl (C=O) groups is 1. The maximum absolute atomic E-state index is 12.8. The van der Waals surface area contributed by atoms with Gasteiger partial charge in [-0.2, -0.15) is 0 Å². The first kappa shape index (κ1) is 21.8. The Morgan fingerprint density at radius 1 is 1.30 bits per heavy atom. The number of nitrogens with one attached hydrogen (secondary N) is 2. The Bertz CT molecular complexity index is 607. The van der Waals surface area contributed by atoms with Crippen molar-refractivity contribution in [3.05, 3.63) is 51.7 Å². The van der Waals surface area contributed by atoms with Crippen LogP contribution in [-0.2, 0) is 6.42 Å². The van der Waals surface area contributed by atoms with Crippen molar-refractivity contribution in [2.45, 2.75) is 19.4 Å². The van der Waals surface area contributed by atoms with Gasteiger partial charge in [0.25, 0.3) is 5.91 Å². The summed E-state index contributed by atoms with van der Waals surface area (Å²) >= 11 is 1.36. The van der Waals surface area contributed by atoms with Gasteiger partial charge in [-0.15, -0.1) is 36.2 Å². The highest BCUT2D eigenvalue weighted by Crippen LogP contribution is 2.17. The lowest BCUT2D eigenvalue weighted by Crippen LogP contribution is -2.36. The molecule has 1 atom stereocenters. The van der Waals surface area contributed by atoms with E-state index in [4.69, 9.17) is 0 Å². The van der Waals surface area contributed by atoms with Crippen LogP contribution in [0.15, 0.2) is 30.5 Å². The van der Waals surface area contributed by atoms with Crippen LogP contribution in [0.25, 0.3) is 0 Å². The number of hydrogen-bond donors (Lipinski definition) is 2. The molecule has 2 N–H and O–H groups in total. The summed E-state index contributed by atoms with van der Waals surface area (Å²) in [6, 6.07) is 6.53. The summed E-state index contributed by atoms with van der Waals surface area (Å²) < 4.78 is 12.8. The average Bonchev–Trinajstić information content (AvgIpc) is 2.95. The molecular weight excluding hydrogens is 360 g/mol. The Hall–Kier alpha value is -1.21. The highest BCUT2D eigenvalue weighted by atomic mass is 35.5. The Morgan fingerprint density at radius 2 is 1.96 bits per heavy atom. The van der Waals surface area contributed by atoms with E-state index in [-0.39, 0.29) is 42.6 Å². The maximum Gasteiger partial charge on any atom is 0.263 e. The fraction of sp³-hybridized carbons (Fsp3) is 0.333. The quantitative estimate of drug-likeness (QED) is 0.810. The molecule has 0 aliphatic heterocycles. The van der Waals surface area contributed by atoms with Gasteiger partial charge >= 0.3 is 0 Å². The highest BCUT2D eigenvalue weighted by Gasteiger charge is 2.11. The van der Waals surface area contributed by atoms with Gasteiger partial charge in [-0.3, -0.25) is 4.79 Å². The average molecular weight is 380 g/mol. The molecule has 0 aliphatic carbocycles. The molecule has 8 heteroatoms. The molecule has 0 spiro atoms. The van der Waals surface area contributed by atoms with Crippen LogP contribution in [0.1, 0.15) is 27.2 Å². The van der Waals surface area contributed by atoms with Crippen LogP contribution in [0.5, 0.6) is 0 Å². The molecule has 1 unspecified atom stereocenters. The number of likely N-dealkylation sites (N-methyl/N-ethyl adjacent to an activating group) is 1. The summed E-state index contributed by atoms with van der Waals surface area (Å²) in [6.45, 7) is 2.56. The third kappa shape index (κ3) is 6.83. The Morgan fingerprint density at radius 3 is 2.57 bits per heavy atom. The van der Waals surface area contributed by atoms with E-state index in [9.17, 15) is 9.18 Å². The Kier molecular flexibility index (Phi) is 9.99. The number of halogens is 3. The summed E-state index contributed by atoms with van der Waals surface area (Å²) in [7, 11) is 1.85. The summed E-state index contributed by atoms with van der Waals surface area (Å²) in [5, 5.41) is 6.75. The molecule has 1 aromatic carbocycles. The van der Waals surface area contributed by atoms with Crippen LogP contribution in [0, 0.1) is 5.82 Å². The summed E-state index contributed by atoms with van der Waals surface area (Å²) in [6.07, 6.45) is 2.19. The molecule has 2 rings (SSSR count). The van der Waals surface area contributed by atoms with Gasteiger partial charge in [0.05, 0.1) is 11.2 Å². The van der Waals surface area contributed by atoms with Gasteiger partial charge in [-0.1, -0.05) is 12.1 Å². The van der Waals surface area contributed by atoms with Gasteiger partial charge in [-0.05, 0) is 31.7 Å². The fourth-order valence-electron chi connectivity index (χ4n) is 1.71. The largest absolute Gasteiger partial charge is 0.350 e. The maximum atomic E-state index is 12.8. The van der Waals surface area contributed by atoms with Gasteiger partial charge < -0.3 is 10.6 Å². The second-order valence-corrected chi connectivity index (χ2v) is 5.94. The molecule has 0 saturated carbocycles. The van der Waals surface area contributed by atoms with E-state index in [1.807, 2.05) is 14.0 Å². The van der Waals surface area contributed by atoms with E-state index in [1.165, 1.54) is 23.5 Å². The van der Waals surface area contributed by atoms with Crippen LogP contribution in [-0.4, -0.2) is 30.5 Å². The molecule has 2 aromatic rings. The van der Waals surface area contributed by atoms with Crippen molar-refractivity contribution in [1.82, 2.24) is 15.6 Å². The van der Waals surface area contributed by atoms with E-state index < -0.39 is 0 Å². The lowest BCUT2D eigenvalue weighted by atomic mass is 10.2. The second-order valence-electron chi connectivity index (χ2n) is 4.82. The molecule has 1 amide bonds. The van der Waals surface area contributed by atoms with Crippen molar-refractivity contribution in [1.29, 1.82) is 0 Å². The van der Waals surface area contributed by atoms with Gasteiger partial charge in [-0.25, -0.2) is 9.37 Å². The zero-order valence-electron chi connectivity index (χ0n) is 12.8. The molecular formula is C15H20Cl2FN3OS. The molecule has 0 radical (unpaired) electrons. The van der Waals surface area contributed by atoms with E-state index in [1.54, 1.807) is 18.3 Å². The SMILES string of the molecule is CNC(C)CNC(=O)c1cnc(Cc2ccc(F)cc2)s1.Cl.Cl. The summed E-state index contributed by atoms with van der Waals surface area (Å²) in [5.41, 5.74) is 0.974. The Labute approximate surface area is 151 Å². The van der Waals surface area contributed by atoms with Crippen LogP contribution in [0.3, 0.4) is 0 Å². The number of thiazole rings is 1.